The summed E-state index contributed by atoms with van der Waals surface area (Å²) < 4.78 is 0.869. The SMILES string of the molecule is O=C(CSc1ccc(CO)cc1)Nc1ccc(Br)cn1. The summed E-state index contributed by atoms with van der Waals surface area (Å²) in [7, 11) is 0. The molecule has 0 atom stereocenters. The van der Waals surface area contributed by atoms with E-state index in [1.54, 1.807) is 12.3 Å². The van der Waals surface area contributed by atoms with Crippen LogP contribution in [0, 0.1) is 0 Å². The summed E-state index contributed by atoms with van der Waals surface area (Å²) in [6.07, 6.45) is 1.64. The first kappa shape index (κ1) is 15.0. The van der Waals surface area contributed by atoms with Gasteiger partial charge in [0.05, 0.1) is 12.4 Å². The number of nitrogens with zero attached hydrogens (tertiary/aromatic N) is 1. The van der Waals surface area contributed by atoms with Crippen LogP contribution in [0.15, 0.2) is 52.0 Å². The Morgan fingerprint density at radius 1 is 1.25 bits per heavy atom. The number of rotatable bonds is 5. The summed E-state index contributed by atoms with van der Waals surface area (Å²) >= 11 is 4.73. The number of carbonyl (C=O) groups is 1. The fourth-order valence-corrected chi connectivity index (χ4v) is 2.40. The molecule has 1 heterocycles. The van der Waals surface area contributed by atoms with Crippen molar-refractivity contribution in [1.29, 1.82) is 0 Å². The molecule has 0 spiro atoms. The number of hydrogen-bond donors (Lipinski definition) is 2. The van der Waals surface area contributed by atoms with Crippen molar-refractivity contribution in [3.63, 3.8) is 0 Å². The normalized spacial score (nSPS) is 10.3. The van der Waals surface area contributed by atoms with Gasteiger partial charge in [0, 0.05) is 15.6 Å². The Morgan fingerprint density at radius 2 is 2.00 bits per heavy atom. The number of aromatic nitrogens is 1. The molecule has 1 aromatic heterocycles. The van der Waals surface area contributed by atoms with Gasteiger partial charge in [-0.1, -0.05) is 12.1 Å². The first-order valence-corrected chi connectivity index (χ1v) is 7.69. The molecule has 0 saturated heterocycles. The van der Waals surface area contributed by atoms with Gasteiger partial charge in [-0.05, 0) is 45.8 Å². The molecular formula is C14H13BrN2O2S. The highest BCUT2D eigenvalue weighted by atomic mass is 79.9. The van der Waals surface area contributed by atoms with Crippen LogP contribution < -0.4 is 5.32 Å². The van der Waals surface area contributed by atoms with Crippen LogP contribution >= 0.6 is 27.7 Å². The Balaban J connectivity index is 1.83. The van der Waals surface area contributed by atoms with E-state index in [1.165, 1.54) is 11.8 Å². The molecule has 6 heteroatoms. The summed E-state index contributed by atoms with van der Waals surface area (Å²) in [5.74, 6) is 0.751. The van der Waals surface area contributed by atoms with Crippen LogP contribution in [0.3, 0.4) is 0 Å². The number of thioether (sulfide) groups is 1. The van der Waals surface area contributed by atoms with Gasteiger partial charge in [0.25, 0.3) is 0 Å². The quantitative estimate of drug-likeness (QED) is 0.811. The van der Waals surface area contributed by atoms with Crippen LogP contribution in [0.4, 0.5) is 5.82 Å². The second-order valence-corrected chi connectivity index (χ2v) is 5.97. The van der Waals surface area contributed by atoms with Gasteiger partial charge < -0.3 is 10.4 Å². The summed E-state index contributed by atoms with van der Waals surface area (Å²) in [6.45, 7) is 0.0284. The molecule has 20 heavy (non-hydrogen) atoms. The Hall–Kier alpha value is -1.37. The highest BCUT2D eigenvalue weighted by molar-refractivity contribution is 9.10. The Labute approximate surface area is 129 Å². The predicted molar refractivity (Wildman–Crippen MR) is 83.7 cm³/mol. The Kier molecular flexibility index (Phi) is 5.58. The Morgan fingerprint density at radius 3 is 2.60 bits per heavy atom. The zero-order valence-electron chi connectivity index (χ0n) is 10.5. The lowest BCUT2D eigenvalue weighted by Crippen LogP contribution is -2.14. The molecule has 0 fully saturated rings. The van der Waals surface area contributed by atoms with E-state index in [-0.39, 0.29) is 12.5 Å². The van der Waals surface area contributed by atoms with Crippen molar-refractivity contribution < 1.29 is 9.90 Å². The molecule has 0 aliphatic carbocycles. The predicted octanol–water partition coefficient (Wildman–Crippen LogP) is 3.07. The van der Waals surface area contributed by atoms with Crippen LogP contribution in [0.1, 0.15) is 5.56 Å². The van der Waals surface area contributed by atoms with Gasteiger partial charge in [-0.25, -0.2) is 4.98 Å². The van der Waals surface area contributed by atoms with Crippen molar-refractivity contribution in [3.8, 4) is 0 Å². The fourth-order valence-electron chi connectivity index (χ4n) is 1.47. The average molecular weight is 353 g/mol. The number of pyridine rings is 1. The zero-order valence-corrected chi connectivity index (χ0v) is 12.9. The van der Waals surface area contributed by atoms with E-state index >= 15 is 0 Å². The monoisotopic (exact) mass is 352 g/mol. The standard InChI is InChI=1S/C14H13BrN2O2S/c15-11-3-6-13(16-7-11)17-14(19)9-20-12-4-1-10(8-18)2-5-12/h1-7,18H,8-9H2,(H,16,17,19). The second-order valence-electron chi connectivity index (χ2n) is 4.00. The van der Waals surface area contributed by atoms with Crippen molar-refractivity contribution in [2.24, 2.45) is 0 Å². The molecule has 2 rings (SSSR count). The molecular weight excluding hydrogens is 340 g/mol. The first-order valence-electron chi connectivity index (χ1n) is 5.91. The smallest absolute Gasteiger partial charge is 0.235 e. The van der Waals surface area contributed by atoms with Gasteiger partial charge in [0.2, 0.25) is 5.91 Å². The number of anilines is 1. The van der Waals surface area contributed by atoms with Gasteiger partial charge in [0.15, 0.2) is 0 Å². The number of amides is 1. The summed E-state index contributed by atoms with van der Waals surface area (Å²) in [4.78, 5) is 16.8. The number of halogens is 1. The van der Waals surface area contributed by atoms with E-state index in [0.717, 1.165) is 14.9 Å². The molecule has 0 aliphatic heterocycles. The van der Waals surface area contributed by atoms with Gasteiger partial charge in [0.1, 0.15) is 5.82 Å². The minimum absolute atomic E-state index is 0.0284. The third-order valence-electron chi connectivity index (χ3n) is 2.47. The van der Waals surface area contributed by atoms with Crippen molar-refractivity contribution in [3.05, 3.63) is 52.6 Å². The lowest BCUT2D eigenvalue weighted by Gasteiger charge is -2.05. The third-order valence-corrected chi connectivity index (χ3v) is 3.95. The number of aliphatic hydroxyl groups excluding tert-OH is 1. The zero-order chi connectivity index (χ0) is 14.4. The molecule has 0 bridgehead atoms. The topological polar surface area (TPSA) is 62.2 Å². The minimum Gasteiger partial charge on any atom is -0.392 e. The average Bonchev–Trinajstić information content (AvgIpc) is 2.48. The van der Waals surface area contributed by atoms with Crippen molar-refractivity contribution >= 4 is 39.4 Å². The molecule has 104 valence electrons. The summed E-state index contributed by atoms with van der Waals surface area (Å²) in [5, 5.41) is 11.7. The van der Waals surface area contributed by atoms with E-state index in [1.807, 2.05) is 30.3 Å². The van der Waals surface area contributed by atoms with Crippen molar-refractivity contribution in [2.45, 2.75) is 11.5 Å². The van der Waals surface area contributed by atoms with Crippen LogP contribution in [0.5, 0.6) is 0 Å². The molecule has 0 aliphatic rings. The molecule has 0 radical (unpaired) electrons. The van der Waals surface area contributed by atoms with E-state index in [4.69, 9.17) is 5.11 Å². The van der Waals surface area contributed by atoms with Gasteiger partial charge in [-0.2, -0.15) is 0 Å². The van der Waals surface area contributed by atoms with E-state index in [2.05, 4.69) is 26.2 Å². The van der Waals surface area contributed by atoms with Crippen LogP contribution in [-0.2, 0) is 11.4 Å². The maximum absolute atomic E-state index is 11.8. The molecule has 1 amide bonds. The van der Waals surface area contributed by atoms with Gasteiger partial charge in [-0.3, -0.25) is 4.79 Å². The first-order chi connectivity index (χ1) is 9.67. The van der Waals surface area contributed by atoms with Gasteiger partial charge in [-0.15, -0.1) is 11.8 Å². The van der Waals surface area contributed by atoms with E-state index in [9.17, 15) is 4.79 Å². The molecule has 0 saturated carbocycles. The highest BCUT2D eigenvalue weighted by Crippen LogP contribution is 2.19. The molecule has 2 aromatic rings. The third kappa shape index (κ3) is 4.63. The van der Waals surface area contributed by atoms with E-state index in [0.29, 0.717) is 11.6 Å². The molecule has 4 nitrogen and oxygen atoms in total. The Bertz CT molecular complexity index is 573. The number of nitrogens with one attached hydrogen (secondary N) is 1. The van der Waals surface area contributed by atoms with Crippen LogP contribution in [-0.4, -0.2) is 21.8 Å². The lowest BCUT2D eigenvalue weighted by molar-refractivity contribution is -0.113. The fraction of sp³-hybridized carbons (Fsp3) is 0.143. The number of aliphatic hydroxyl groups is 1. The molecule has 1 aromatic carbocycles. The highest BCUT2D eigenvalue weighted by Gasteiger charge is 2.04. The number of carbonyl (C=O) groups excluding carboxylic acids is 1. The molecule has 0 unspecified atom stereocenters. The summed E-state index contributed by atoms with van der Waals surface area (Å²) in [6, 6.07) is 11.0. The lowest BCUT2D eigenvalue weighted by atomic mass is 10.2. The van der Waals surface area contributed by atoms with E-state index < -0.39 is 0 Å². The maximum atomic E-state index is 11.8. The van der Waals surface area contributed by atoms with Gasteiger partial charge >= 0.3 is 0 Å². The summed E-state index contributed by atoms with van der Waals surface area (Å²) in [5.41, 5.74) is 0.859. The minimum atomic E-state index is -0.101. The van der Waals surface area contributed by atoms with Crippen molar-refractivity contribution in [2.75, 3.05) is 11.1 Å². The van der Waals surface area contributed by atoms with Crippen LogP contribution in [0.2, 0.25) is 0 Å². The maximum Gasteiger partial charge on any atom is 0.235 e. The van der Waals surface area contributed by atoms with Crippen LogP contribution in [0.25, 0.3) is 0 Å². The molecule has 2 N–H and O–H groups in total. The number of benzene rings is 1. The second kappa shape index (κ2) is 7.42. The number of hydrogen-bond acceptors (Lipinski definition) is 4. The largest absolute Gasteiger partial charge is 0.392 e. The van der Waals surface area contributed by atoms with Crippen molar-refractivity contribution in [1.82, 2.24) is 4.98 Å².